The van der Waals surface area contributed by atoms with E-state index in [9.17, 15) is 18.0 Å². The Morgan fingerprint density at radius 3 is 2.24 bits per heavy atom. The first-order valence-corrected chi connectivity index (χ1v) is 9.77. The number of rotatable bonds is 5. The number of halogens is 3. The van der Waals surface area contributed by atoms with Crippen molar-refractivity contribution in [1.29, 1.82) is 0 Å². The van der Waals surface area contributed by atoms with Crippen LogP contribution >= 0.6 is 0 Å². The van der Waals surface area contributed by atoms with Gasteiger partial charge in [0.25, 0.3) is 0 Å². The van der Waals surface area contributed by atoms with E-state index in [0.29, 0.717) is 31.9 Å². The van der Waals surface area contributed by atoms with Crippen LogP contribution in [0.3, 0.4) is 0 Å². The largest absolute Gasteiger partial charge is 0.416 e. The SMILES string of the molecule is CC(NC(=O)C(C)N1CCN(c2cccc(C(F)(F)F)c2)CC1)c1ccccc1. The third-order valence-corrected chi connectivity index (χ3v) is 5.44. The zero-order valence-electron chi connectivity index (χ0n) is 16.6. The number of piperazine rings is 1. The minimum atomic E-state index is -4.35. The quantitative estimate of drug-likeness (QED) is 0.814. The molecule has 7 heteroatoms. The predicted molar refractivity (Wildman–Crippen MR) is 108 cm³/mol. The molecule has 0 saturated carbocycles. The summed E-state index contributed by atoms with van der Waals surface area (Å²) in [7, 11) is 0. The molecule has 1 saturated heterocycles. The Bertz CT molecular complexity index is 818. The Kier molecular flexibility index (Phi) is 6.47. The molecular formula is C22H26F3N3O. The van der Waals surface area contributed by atoms with Gasteiger partial charge in [-0.1, -0.05) is 36.4 Å². The van der Waals surface area contributed by atoms with Crippen molar-refractivity contribution in [1.82, 2.24) is 10.2 Å². The molecule has 29 heavy (non-hydrogen) atoms. The van der Waals surface area contributed by atoms with E-state index in [0.717, 1.165) is 11.6 Å². The number of carbonyl (C=O) groups is 1. The Hall–Kier alpha value is -2.54. The normalized spacial score (nSPS) is 17.6. The molecule has 0 bridgehead atoms. The lowest BCUT2D eigenvalue weighted by Crippen LogP contribution is -2.54. The minimum Gasteiger partial charge on any atom is -0.369 e. The molecule has 4 nitrogen and oxygen atoms in total. The van der Waals surface area contributed by atoms with E-state index in [1.54, 1.807) is 6.07 Å². The summed E-state index contributed by atoms with van der Waals surface area (Å²) in [6.45, 7) is 6.20. The monoisotopic (exact) mass is 405 g/mol. The van der Waals surface area contributed by atoms with E-state index in [2.05, 4.69) is 10.2 Å². The number of amides is 1. The van der Waals surface area contributed by atoms with Gasteiger partial charge in [0.05, 0.1) is 17.6 Å². The van der Waals surface area contributed by atoms with Crippen LogP contribution in [0.1, 0.15) is 31.0 Å². The first-order valence-electron chi connectivity index (χ1n) is 9.77. The van der Waals surface area contributed by atoms with Crippen molar-refractivity contribution < 1.29 is 18.0 Å². The smallest absolute Gasteiger partial charge is 0.369 e. The molecule has 2 atom stereocenters. The van der Waals surface area contributed by atoms with Crippen LogP contribution in [0, 0.1) is 0 Å². The van der Waals surface area contributed by atoms with Crippen LogP contribution in [0.5, 0.6) is 0 Å². The third kappa shape index (κ3) is 5.29. The van der Waals surface area contributed by atoms with Crippen LogP contribution in [-0.2, 0) is 11.0 Å². The summed E-state index contributed by atoms with van der Waals surface area (Å²) >= 11 is 0. The molecule has 1 aliphatic heterocycles. The molecule has 2 aromatic rings. The molecule has 3 rings (SSSR count). The van der Waals surface area contributed by atoms with Gasteiger partial charge < -0.3 is 10.2 Å². The van der Waals surface area contributed by atoms with E-state index in [-0.39, 0.29) is 18.0 Å². The van der Waals surface area contributed by atoms with Crippen molar-refractivity contribution in [3.63, 3.8) is 0 Å². The van der Waals surface area contributed by atoms with E-state index < -0.39 is 11.7 Å². The van der Waals surface area contributed by atoms with Crippen LogP contribution < -0.4 is 10.2 Å². The summed E-state index contributed by atoms with van der Waals surface area (Å²) in [5.74, 6) is -0.0473. The zero-order valence-corrected chi connectivity index (χ0v) is 16.6. The van der Waals surface area contributed by atoms with Gasteiger partial charge in [-0.3, -0.25) is 9.69 Å². The fourth-order valence-electron chi connectivity index (χ4n) is 3.57. The molecule has 1 N–H and O–H groups in total. The second-order valence-corrected chi connectivity index (χ2v) is 7.39. The van der Waals surface area contributed by atoms with Crippen molar-refractivity contribution in [2.45, 2.75) is 32.1 Å². The number of anilines is 1. The van der Waals surface area contributed by atoms with E-state index >= 15 is 0 Å². The molecular weight excluding hydrogens is 379 g/mol. The molecule has 1 fully saturated rings. The standard InChI is InChI=1S/C22H26F3N3O/c1-16(18-7-4-3-5-8-18)26-21(29)17(2)27-11-13-28(14-12-27)20-10-6-9-19(15-20)22(23,24)25/h3-10,15-17H,11-14H2,1-2H3,(H,26,29). The zero-order chi connectivity index (χ0) is 21.0. The van der Waals surface area contributed by atoms with Gasteiger partial charge >= 0.3 is 6.18 Å². The summed E-state index contributed by atoms with van der Waals surface area (Å²) < 4.78 is 38.8. The van der Waals surface area contributed by atoms with Crippen LogP contribution in [0.15, 0.2) is 54.6 Å². The molecule has 1 aliphatic rings. The lowest BCUT2D eigenvalue weighted by molar-refractivity contribution is -0.137. The van der Waals surface area contributed by atoms with Crippen molar-refractivity contribution in [2.75, 3.05) is 31.1 Å². The highest BCUT2D eigenvalue weighted by Crippen LogP contribution is 2.32. The number of benzene rings is 2. The maximum absolute atomic E-state index is 12.9. The fraction of sp³-hybridized carbons (Fsp3) is 0.409. The maximum Gasteiger partial charge on any atom is 0.416 e. The predicted octanol–water partition coefficient (Wildman–Crippen LogP) is 4.09. The summed E-state index contributed by atoms with van der Waals surface area (Å²) in [6, 6.07) is 14.8. The van der Waals surface area contributed by atoms with Gasteiger partial charge in [0.2, 0.25) is 5.91 Å². The Morgan fingerprint density at radius 1 is 0.966 bits per heavy atom. The molecule has 0 aliphatic carbocycles. The first kappa shape index (κ1) is 21.2. The van der Waals surface area contributed by atoms with Gasteiger partial charge in [0.1, 0.15) is 0 Å². The summed E-state index contributed by atoms with van der Waals surface area (Å²) in [5.41, 5.74) is 0.969. The summed E-state index contributed by atoms with van der Waals surface area (Å²) in [5, 5.41) is 3.04. The molecule has 0 aromatic heterocycles. The Balaban J connectivity index is 1.55. The number of hydrogen-bond donors (Lipinski definition) is 1. The van der Waals surface area contributed by atoms with Crippen LogP contribution in [0.25, 0.3) is 0 Å². The van der Waals surface area contributed by atoms with Gasteiger partial charge in [-0.05, 0) is 37.6 Å². The number of alkyl halides is 3. The fourth-order valence-corrected chi connectivity index (χ4v) is 3.57. The summed E-state index contributed by atoms with van der Waals surface area (Å²) in [6.07, 6.45) is -4.35. The lowest BCUT2D eigenvalue weighted by Gasteiger charge is -2.39. The van der Waals surface area contributed by atoms with Crippen molar-refractivity contribution in [3.05, 3.63) is 65.7 Å². The average molecular weight is 405 g/mol. The van der Waals surface area contributed by atoms with Gasteiger partial charge in [-0.15, -0.1) is 0 Å². The number of hydrogen-bond acceptors (Lipinski definition) is 3. The third-order valence-electron chi connectivity index (χ3n) is 5.44. The van der Waals surface area contributed by atoms with Gasteiger partial charge in [-0.2, -0.15) is 13.2 Å². The molecule has 2 aromatic carbocycles. The molecule has 0 radical (unpaired) electrons. The average Bonchev–Trinajstić information content (AvgIpc) is 2.73. The highest BCUT2D eigenvalue weighted by molar-refractivity contribution is 5.81. The van der Waals surface area contributed by atoms with Gasteiger partial charge in [-0.25, -0.2) is 0 Å². The summed E-state index contributed by atoms with van der Waals surface area (Å²) in [4.78, 5) is 16.6. The van der Waals surface area contributed by atoms with Crippen LogP contribution in [0.4, 0.5) is 18.9 Å². The minimum absolute atomic E-state index is 0.0473. The maximum atomic E-state index is 12.9. The molecule has 156 valence electrons. The second kappa shape index (κ2) is 8.86. The van der Waals surface area contributed by atoms with Gasteiger partial charge in [0.15, 0.2) is 0 Å². The number of nitrogens with zero attached hydrogens (tertiary/aromatic N) is 2. The number of nitrogens with one attached hydrogen (secondary N) is 1. The lowest BCUT2D eigenvalue weighted by atomic mass is 10.1. The first-order chi connectivity index (χ1) is 13.8. The van der Waals surface area contributed by atoms with Crippen molar-refractivity contribution in [2.24, 2.45) is 0 Å². The Labute approximate surface area is 169 Å². The van der Waals surface area contributed by atoms with Crippen LogP contribution in [0.2, 0.25) is 0 Å². The van der Waals surface area contributed by atoms with E-state index in [4.69, 9.17) is 0 Å². The second-order valence-electron chi connectivity index (χ2n) is 7.39. The molecule has 2 unspecified atom stereocenters. The molecule has 1 amide bonds. The van der Waals surface area contributed by atoms with E-state index in [1.807, 2.05) is 49.1 Å². The Morgan fingerprint density at radius 2 is 1.62 bits per heavy atom. The highest BCUT2D eigenvalue weighted by atomic mass is 19.4. The highest BCUT2D eigenvalue weighted by Gasteiger charge is 2.31. The van der Waals surface area contributed by atoms with Gasteiger partial charge in [0, 0.05) is 31.9 Å². The topological polar surface area (TPSA) is 35.6 Å². The van der Waals surface area contributed by atoms with Crippen molar-refractivity contribution in [3.8, 4) is 0 Å². The molecule has 0 spiro atoms. The van der Waals surface area contributed by atoms with Crippen molar-refractivity contribution >= 4 is 11.6 Å². The molecule has 1 heterocycles. The van der Waals surface area contributed by atoms with E-state index in [1.165, 1.54) is 12.1 Å². The number of carbonyl (C=O) groups excluding carboxylic acids is 1. The van der Waals surface area contributed by atoms with Crippen LogP contribution in [-0.4, -0.2) is 43.0 Å².